The van der Waals surface area contributed by atoms with Crippen LogP contribution in [0.5, 0.6) is 0 Å². The lowest BCUT2D eigenvalue weighted by Gasteiger charge is -2.43. The van der Waals surface area contributed by atoms with Crippen molar-refractivity contribution in [3.63, 3.8) is 0 Å². The van der Waals surface area contributed by atoms with Crippen molar-refractivity contribution in [2.75, 3.05) is 31.6 Å². The highest BCUT2D eigenvalue weighted by atomic mass is 127. The van der Waals surface area contributed by atoms with Gasteiger partial charge in [-0.15, -0.1) is 0 Å². The Morgan fingerprint density at radius 2 is 2.16 bits per heavy atom. The van der Waals surface area contributed by atoms with Crippen molar-refractivity contribution < 1.29 is 9.50 Å². The number of aromatic nitrogens is 2. The Bertz CT molecular complexity index is 958. The Morgan fingerprint density at radius 3 is 2.92 bits per heavy atom. The molecule has 0 radical (unpaired) electrons. The molecular weight excluding hydrogens is 438 g/mol. The van der Waals surface area contributed by atoms with E-state index < -0.39 is 11.8 Å². The number of hydrogen-bond donors (Lipinski definition) is 1. The van der Waals surface area contributed by atoms with Gasteiger partial charge in [-0.05, 0) is 25.6 Å². The van der Waals surface area contributed by atoms with E-state index in [-0.39, 0.29) is 11.9 Å². The third kappa shape index (κ3) is 2.58. The molecule has 2 atom stereocenters. The third-order valence-corrected chi connectivity index (χ3v) is 5.95. The zero-order valence-electron chi connectivity index (χ0n) is 13.9. The minimum Gasteiger partial charge on any atom is -0.387 e. The number of fused-ring (bicyclic) bond motifs is 2. The van der Waals surface area contributed by atoms with Crippen molar-refractivity contribution in [3.8, 4) is 0 Å². The van der Waals surface area contributed by atoms with E-state index >= 15 is 0 Å². The highest BCUT2D eigenvalue weighted by molar-refractivity contribution is 14.1. The molecule has 25 heavy (non-hydrogen) atoms. The van der Waals surface area contributed by atoms with Crippen molar-refractivity contribution in [1.82, 2.24) is 12.7 Å². The number of halogens is 2. The summed E-state index contributed by atoms with van der Waals surface area (Å²) in [5.41, 5.74) is 1.08. The number of aliphatic hydroxyl groups excluding tert-OH is 1. The first-order chi connectivity index (χ1) is 11.9. The number of aryl methyl sites for hydroxylation is 1. The van der Waals surface area contributed by atoms with E-state index in [9.17, 15) is 14.3 Å². The molecule has 0 spiro atoms. The third-order valence-electron chi connectivity index (χ3n) is 5.01. The van der Waals surface area contributed by atoms with Crippen molar-refractivity contribution in [2.24, 2.45) is 0 Å². The van der Waals surface area contributed by atoms with Crippen molar-refractivity contribution in [3.05, 3.63) is 39.6 Å². The zero-order chi connectivity index (χ0) is 17.9. The van der Waals surface area contributed by atoms with E-state index in [4.69, 9.17) is 0 Å². The molecule has 2 aliphatic rings. The van der Waals surface area contributed by atoms with Crippen LogP contribution in [-0.2, 0) is 0 Å². The van der Waals surface area contributed by atoms with Gasteiger partial charge in [0.15, 0.2) is 0 Å². The minimum atomic E-state index is -0.769. The number of benzene rings is 1. The Kier molecular flexibility index (Phi) is 4.08. The largest absolute Gasteiger partial charge is 0.387 e. The molecule has 8 heteroatoms. The molecule has 2 aromatic rings. The Morgan fingerprint density at radius 1 is 1.40 bits per heavy atom. The van der Waals surface area contributed by atoms with Gasteiger partial charge >= 0.3 is 5.69 Å². The Labute approximate surface area is 158 Å². The number of likely N-dealkylation sites (N-methyl/N-ethyl adjacent to an activating group) is 1. The maximum Gasteiger partial charge on any atom is 0.359 e. The van der Waals surface area contributed by atoms with Crippen LogP contribution in [0.1, 0.15) is 11.1 Å². The molecule has 1 N–H and O–H groups in total. The lowest BCUT2D eigenvalue weighted by atomic mass is 9.97. The van der Waals surface area contributed by atoms with Gasteiger partial charge in [-0.25, -0.2) is 12.0 Å². The smallest absolute Gasteiger partial charge is 0.359 e. The van der Waals surface area contributed by atoms with E-state index in [2.05, 4.69) is 9.88 Å². The second-order valence-electron chi connectivity index (χ2n) is 6.69. The first-order valence-corrected chi connectivity index (χ1v) is 9.08. The molecule has 0 amide bonds. The number of anilines is 1. The Hall–Kier alpha value is -1.52. The first-order valence-electron chi connectivity index (χ1n) is 8.12. The molecule has 1 aromatic carbocycles. The van der Waals surface area contributed by atoms with E-state index in [1.165, 1.54) is 2.78 Å². The maximum atomic E-state index is 14.8. The van der Waals surface area contributed by atoms with Gasteiger partial charge in [-0.2, -0.15) is 4.98 Å². The summed E-state index contributed by atoms with van der Waals surface area (Å²) in [6, 6.07) is 1.46. The molecule has 0 bridgehead atoms. The molecular formula is C17H18FIN4O2. The SMILES string of the molecule is Cc1cc2c3c(nc(=O)n2I)N2CCN(C)CC2C(O)/C=C\c3c1F. The molecule has 3 heterocycles. The molecule has 4 rings (SSSR count). The quantitative estimate of drug-likeness (QED) is 0.610. The monoisotopic (exact) mass is 456 g/mol. The molecule has 0 aliphatic carbocycles. The summed E-state index contributed by atoms with van der Waals surface area (Å²) in [5.74, 6) is 0.116. The van der Waals surface area contributed by atoms with Crippen LogP contribution in [0.15, 0.2) is 16.9 Å². The predicted octanol–water partition coefficient (Wildman–Crippen LogP) is 1.55. The molecule has 6 nitrogen and oxygen atoms in total. The summed E-state index contributed by atoms with van der Waals surface area (Å²) in [4.78, 5) is 20.7. The summed E-state index contributed by atoms with van der Waals surface area (Å²) in [5, 5.41) is 11.2. The molecule has 132 valence electrons. The van der Waals surface area contributed by atoms with Crippen LogP contribution >= 0.6 is 22.9 Å². The fourth-order valence-corrected chi connectivity index (χ4v) is 4.17. The summed E-state index contributed by atoms with van der Waals surface area (Å²) in [7, 11) is 2.00. The average molecular weight is 456 g/mol. The minimum absolute atomic E-state index is 0.229. The molecule has 2 aliphatic heterocycles. The van der Waals surface area contributed by atoms with Crippen molar-refractivity contribution >= 4 is 45.7 Å². The van der Waals surface area contributed by atoms with Gasteiger partial charge in [0.25, 0.3) is 0 Å². The van der Waals surface area contributed by atoms with Crippen LogP contribution in [0.3, 0.4) is 0 Å². The maximum absolute atomic E-state index is 14.8. The van der Waals surface area contributed by atoms with E-state index in [1.807, 2.05) is 34.8 Å². The van der Waals surface area contributed by atoms with Crippen LogP contribution in [0.4, 0.5) is 10.2 Å². The lowest BCUT2D eigenvalue weighted by molar-refractivity contribution is 0.141. The normalized spacial score (nSPS) is 24.8. The molecule has 0 saturated carbocycles. The van der Waals surface area contributed by atoms with Crippen molar-refractivity contribution in [2.45, 2.75) is 19.1 Å². The summed E-state index contributed by atoms with van der Waals surface area (Å²) >= 11 is 1.90. The summed E-state index contributed by atoms with van der Waals surface area (Å²) in [6.45, 7) is 3.72. The fraction of sp³-hybridized carbons (Fsp3) is 0.412. The van der Waals surface area contributed by atoms with Crippen molar-refractivity contribution in [1.29, 1.82) is 0 Å². The van der Waals surface area contributed by atoms with Crippen LogP contribution in [-0.4, -0.2) is 56.6 Å². The van der Waals surface area contributed by atoms with E-state index in [0.717, 1.165) is 6.54 Å². The van der Waals surface area contributed by atoms with Gasteiger partial charge in [0.2, 0.25) is 0 Å². The van der Waals surface area contributed by atoms with Gasteiger partial charge in [-0.1, -0.05) is 12.2 Å². The Balaban J connectivity index is 2.11. The second-order valence-corrected chi connectivity index (χ2v) is 7.65. The predicted molar refractivity (Wildman–Crippen MR) is 104 cm³/mol. The molecule has 1 aromatic heterocycles. The van der Waals surface area contributed by atoms with E-state index in [0.29, 0.717) is 40.9 Å². The number of hydrogen-bond acceptors (Lipinski definition) is 5. The van der Waals surface area contributed by atoms with Crippen LogP contribution < -0.4 is 10.6 Å². The highest BCUT2D eigenvalue weighted by Crippen LogP contribution is 2.35. The summed E-state index contributed by atoms with van der Waals surface area (Å²) < 4.78 is 16.2. The number of nitrogens with zero attached hydrogens (tertiary/aromatic N) is 4. The average Bonchev–Trinajstić information content (AvgIpc) is 2.58. The van der Waals surface area contributed by atoms with Gasteiger partial charge < -0.3 is 14.9 Å². The highest BCUT2D eigenvalue weighted by Gasteiger charge is 2.34. The fourth-order valence-electron chi connectivity index (χ4n) is 3.68. The second kappa shape index (κ2) is 6.03. The van der Waals surface area contributed by atoms with Crippen LogP contribution in [0.25, 0.3) is 17.0 Å². The lowest BCUT2D eigenvalue weighted by Crippen LogP contribution is -2.57. The van der Waals surface area contributed by atoms with Crippen LogP contribution in [0, 0.1) is 12.7 Å². The van der Waals surface area contributed by atoms with Gasteiger partial charge in [-0.3, -0.25) is 0 Å². The number of rotatable bonds is 0. The van der Waals surface area contributed by atoms with Gasteiger partial charge in [0.05, 0.1) is 45.9 Å². The molecule has 1 saturated heterocycles. The standard InChI is InChI=1S/C17H18FIN4O2/c1-9-7-11-14-10(15(9)18)3-4-13(24)12-8-21(2)5-6-22(12)16(14)20-17(25)23(11)19/h3-4,7,12-13,24H,5-6,8H2,1-2H3/b4-3-. The van der Waals surface area contributed by atoms with Crippen LogP contribution in [0.2, 0.25) is 0 Å². The number of aliphatic hydroxyl groups is 1. The van der Waals surface area contributed by atoms with E-state index in [1.54, 1.807) is 25.1 Å². The van der Waals surface area contributed by atoms with Gasteiger partial charge in [0.1, 0.15) is 11.6 Å². The number of piperazine rings is 1. The molecule has 1 fully saturated rings. The van der Waals surface area contributed by atoms with Gasteiger partial charge in [0, 0.05) is 25.2 Å². The first kappa shape index (κ1) is 16.9. The summed E-state index contributed by atoms with van der Waals surface area (Å²) in [6.07, 6.45) is 2.49. The zero-order valence-corrected chi connectivity index (χ0v) is 16.1. The topological polar surface area (TPSA) is 61.6 Å². The molecule has 2 unspecified atom stereocenters.